The van der Waals surface area contributed by atoms with E-state index in [0.717, 1.165) is 12.3 Å². The van der Waals surface area contributed by atoms with E-state index in [-0.39, 0.29) is 0 Å². The van der Waals surface area contributed by atoms with E-state index in [0.29, 0.717) is 6.61 Å². The Morgan fingerprint density at radius 1 is 1.06 bits per heavy atom. The lowest BCUT2D eigenvalue weighted by Gasteiger charge is -2.12. The molecule has 18 heavy (non-hydrogen) atoms. The van der Waals surface area contributed by atoms with Crippen LogP contribution in [0.2, 0.25) is 0 Å². The molecule has 2 nitrogen and oxygen atoms in total. The Hall–Kier alpha value is -1.80. The molecule has 0 aliphatic rings. The van der Waals surface area contributed by atoms with Gasteiger partial charge >= 0.3 is 0 Å². The van der Waals surface area contributed by atoms with Gasteiger partial charge in [0.1, 0.15) is 12.4 Å². The Morgan fingerprint density at radius 3 is 2.56 bits per heavy atom. The van der Waals surface area contributed by atoms with Gasteiger partial charge in [0.15, 0.2) is 0 Å². The molecule has 2 aromatic carbocycles. The molecular weight excluding hydrogens is 222 g/mol. The van der Waals surface area contributed by atoms with Crippen molar-refractivity contribution in [2.75, 3.05) is 7.05 Å². The van der Waals surface area contributed by atoms with Crippen molar-refractivity contribution in [3.8, 4) is 5.75 Å². The molecule has 0 fully saturated rings. The van der Waals surface area contributed by atoms with Crippen molar-refractivity contribution in [2.24, 2.45) is 0 Å². The number of benzene rings is 2. The standard InChI is InChI=1S/C16H19NO/c1-13-8-9-16(15(10-13)11-17-2)18-12-14-6-4-3-5-7-14/h3-10,17H,11-12H2,1-2H3. The summed E-state index contributed by atoms with van der Waals surface area (Å²) in [6.07, 6.45) is 0. The summed E-state index contributed by atoms with van der Waals surface area (Å²) in [6, 6.07) is 16.5. The Bertz CT molecular complexity index is 494. The highest BCUT2D eigenvalue weighted by Gasteiger charge is 2.03. The second-order valence-electron chi connectivity index (χ2n) is 4.42. The van der Waals surface area contributed by atoms with E-state index >= 15 is 0 Å². The average molecular weight is 241 g/mol. The molecule has 0 amide bonds. The Labute approximate surface area is 109 Å². The Kier molecular flexibility index (Phi) is 4.37. The van der Waals surface area contributed by atoms with Crippen molar-refractivity contribution in [1.29, 1.82) is 0 Å². The maximum Gasteiger partial charge on any atom is 0.124 e. The maximum absolute atomic E-state index is 5.89. The molecule has 0 aliphatic heterocycles. The van der Waals surface area contributed by atoms with E-state index in [9.17, 15) is 0 Å². The van der Waals surface area contributed by atoms with Gasteiger partial charge in [-0.05, 0) is 25.6 Å². The first-order valence-corrected chi connectivity index (χ1v) is 6.20. The SMILES string of the molecule is CNCc1cc(C)ccc1OCc1ccccc1. The van der Waals surface area contributed by atoms with Gasteiger partial charge in [0, 0.05) is 12.1 Å². The fourth-order valence-electron chi connectivity index (χ4n) is 1.91. The van der Waals surface area contributed by atoms with Crippen molar-refractivity contribution in [3.63, 3.8) is 0 Å². The first-order valence-electron chi connectivity index (χ1n) is 6.20. The van der Waals surface area contributed by atoms with Gasteiger partial charge in [-0.25, -0.2) is 0 Å². The highest BCUT2D eigenvalue weighted by molar-refractivity contribution is 5.37. The molecule has 94 valence electrons. The van der Waals surface area contributed by atoms with Crippen LogP contribution in [0.4, 0.5) is 0 Å². The number of hydrogen-bond donors (Lipinski definition) is 1. The van der Waals surface area contributed by atoms with Crippen LogP contribution in [-0.4, -0.2) is 7.05 Å². The summed E-state index contributed by atoms with van der Waals surface area (Å²) in [5.74, 6) is 0.957. The van der Waals surface area contributed by atoms with Crippen LogP contribution in [0.3, 0.4) is 0 Å². The number of hydrogen-bond acceptors (Lipinski definition) is 2. The molecule has 0 aromatic heterocycles. The number of nitrogens with one attached hydrogen (secondary N) is 1. The summed E-state index contributed by atoms with van der Waals surface area (Å²) >= 11 is 0. The zero-order valence-electron chi connectivity index (χ0n) is 10.9. The Balaban J connectivity index is 2.09. The molecule has 1 N–H and O–H groups in total. The molecule has 0 saturated carbocycles. The van der Waals surface area contributed by atoms with E-state index in [1.165, 1.54) is 16.7 Å². The van der Waals surface area contributed by atoms with Crippen LogP contribution in [0.15, 0.2) is 48.5 Å². The van der Waals surface area contributed by atoms with Crippen molar-refractivity contribution in [1.82, 2.24) is 5.32 Å². The van der Waals surface area contributed by atoms with Crippen LogP contribution < -0.4 is 10.1 Å². The van der Waals surface area contributed by atoms with Gasteiger partial charge in [-0.1, -0.05) is 48.0 Å². The number of rotatable bonds is 5. The molecule has 0 atom stereocenters. The molecule has 0 heterocycles. The molecule has 0 radical (unpaired) electrons. The van der Waals surface area contributed by atoms with Crippen molar-refractivity contribution in [3.05, 3.63) is 65.2 Å². The predicted octanol–water partition coefficient (Wildman–Crippen LogP) is 3.29. The van der Waals surface area contributed by atoms with E-state index in [1.807, 2.05) is 31.3 Å². The van der Waals surface area contributed by atoms with Crippen LogP contribution in [0.1, 0.15) is 16.7 Å². The normalized spacial score (nSPS) is 10.3. The van der Waals surface area contributed by atoms with E-state index in [4.69, 9.17) is 4.74 Å². The minimum absolute atomic E-state index is 0.612. The molecular formula is C16H19NO. The van der Waals surface area contributed by atoms with E-state index in [2.05, 4.69) is 36.5 Å². The van der Waals surface area contributed by atoms with E-state index in [1.54, 1.807) is 0 Å². The van der Waals surface area contributed by atoms with Gasteiger partial charge in [0.25, 0.3) is 0 Å². The highest BCUT2D eigenvalue weighted by Crippen LogP contribution is 2.21. The van der Waals surface area contributed by atoms with Crippen molar-refractivity contribution >= 4 is 0 Å². The summed E-state index contributed by atoms with van der Waals surface area (Å²) in [4.78, 5) is 0. The van der Waals surface area contributed by atoms with Gasteiger partial charge in [-0.3, -0.25) is 0 Å². The predicted molar refractivity (Wildman–Crippen MR) is 74.7 cm³/mol. The topological polar surface area (TPSA) is 21.3 Å². The van der Waals surface area contributed by atoms with Gasteiger partial charge < -0.3 is 10.1 Å². The van der Waals surface area contributed by atoms with Crippen LogP contribution in [-0.2, 0) is 13.2 Å². The number of ether oxygens (including phenoxy) is 1. The Morgan fingerprint density at radius 2 is 1.83 bits per heavy atom. The summed E-state index contributed by atoms with van der Waals surface area (Å²) in [5.41, 5.74) is 3.65. The fourth-order valence-corrected chi connectivity index (χ4v) is 1.91. The van der Waals surface area contributed by atoms with Crippen molar-refractivity contribution < 1.29 is 4.74 Å². The zero-order valence-corrected chi connectivity index (χ0v) is 10.9. The summed E-state index contributed by atoms with van der Waals surface area (Å²) in [7, 11) is 1.95. The first-order chi connectivity index (χ1) is 8.79. The molecule has 2 aromatic rings. The van der Waals surface area contributed by atoms with Gasteiger partial charge in [-0.15, -0.1) is 0 Å². The van der Waals surface area contributed by atoms with Crippen LogP contribution in [0.5, 0.6) is 5.75 Å². The van der Waals surface area contributed by atoms with Crippen LogP contribution in [0, 0.1) is 6.92 Å². The number of aryl methyl sites for hydroxylation is 1. The first kappa shape index (κ1) is 12.7. The summed E-state index contributed by atoms with van der Waals surface area (Å²) in [5, 5.41) is 3.17. The highest BCUT2D eigenvalue weighted by atomic mass is 16.5. The van der Waals surface area contributed by atoms with Gasteiger partial charge in [-0.2, -0.15) is 0 Å². The molecule has 0 unspecified atom stereocenters. The lowest BCUT2D eigenvalue weighted by Crippen LogP contribution is -2.08. The molecule has 0 aliphatic carbocycles. The second-order valence-corrected chi connectivity index (χ2v) is 4.42. The largest absolute Gasteiger partial charge is 0.489 e. The smallest absolute Gasteiger partial charge is 0.124 e. The van der Waals surface area contributed by atoms with Crippen LogP contribution >= 0.6 is 0 Å². The molecule has 0 bridgehead atoms. The third-order valence-electron chi connectivity index (χ3n) is 2.82. The lowest BCUT2D eigenvalue weighted by atomic mass is 10.1. The minimum Gasteiger partial charge on any atom is -0.489 e. The quantitative estimate of drug-likeness (QED) is 0.867. The minimum atomic E-state index is 0.612. The maximum atomic E-state index is 5.89. The fraction of sp³-hybridized carbons (Fsp3) is 0.250. The molecule has 2 heteroatoms. The lowest BCUT2D eigenvalue weighted by molar-refractivity contribution is 0.302. The summed E-state index contributed by atoms with van der Waals surface area (Å²) in [6.45, 7) is 3.53. The second kappa shape index (κ2) is 6.22. The third-order valence-corrected chi connectivity index (χ3v) is 2.82. The molecule has 0 spiro atoms. The van der Waals surface area contributed by atoms with Gasteiger partial charge in [0.05, 0.1) is 0 Å². The monoisotopic (exact) mass is 241 g/mol. The average Bonchev–Trinajstić information content (AvgIpc) is 2.39. The third kappa shape index (κ3) is 3.34. The molecule has 0 saturated heterocycles. The van der Waals surface area contributed by atoms with E-state index < -0.39 is 0 Å². The molecule has 2 rings (SSSR count). The summed E-state index contributed by atoms with van der Waals surface area (Å²) < 4.78 is 5.89. The van der Waals surface area contributed by atoms with Crippen molar-refractivity contribution in [2.45, 2.75) is 20.1 Å². The van der Waals surface area contributed by atoms with Crippen LogP contribution in [0.25, 0.3) is 0 Å². The zero-order chi connectivity index (χ0) is 12.8. The van der Waals surface area contributed by atoms with Gasteiger partial charge in [0.2, 0.25) is 0 Å².